The Morgan fingerprint density at radius 1 is 1.00 bits per heavy atom. The van der Waals surface area contributed by atoms with Crippen LogP contribution in [0.4, 0.5) is 0 Å². The third kappa shape index (κ3) is 2.65. The second-order valence-corrected chi connectivity index (χ2v) is 4.70. The Morgan fingerprint density at radius 2 is 1.67 bits per heavy atom. The summed E-state index contributed by atoms with van der Waals surface area (Å²) in [6, 6.07) is 14.1. The average Bonchev–Trinajstić information content (AvgIpc) is 2.44. The molecule has 1 N–H and O–H groups in total. The van der Waals surface area contributed by atoms with Crippen LogP contribution in [0.3, 0.4) is 0 Å². The van der Waals surface area contributed by atoms with E-state index in [1.54, 1.807) is 0 Å². The van der Waals surface area contributed by atoms with Gasteiger partial charge in [0.15, 0.2) is 0 Å². The molecule has 0 radical (unpaired) electrons. The van der Waals surface area contributed by atoms with Crippen LogP contribution >= 0.6 is 0 Å². The Kier molecular flexibility index (Phi) is 3.87. The lowest BCUT2D eigenvalue weighted by molar-refractivity contribution is -0.0109. The number of benzene rings is 2. The van der Waals surface area contributed by atoms with Gasteiger partial charge in [-0.1, -0.05) is 50.2 Å². The third-order valence-electron chi connectivity index (χ3n) is 3.56. The minimum atomic E-state index is -0.725. The van der Waals surface area contributed by atoms with Crippen LogP contribution in [0.5, 0.6) is 5.75 Å². The Hall–Kier alpha value is -1.54. The molecule has 18 heavy (non-hydrogen) atoms. The molecule has 0 amide bonds. The molecule has 2 nitrogen and oxygen atoms in total. The Balaban J connectivity index is 2.22. The van der Waals surface area contributed by atoms with Gasteiger partial charge >= 0.3 is 0 Å². The first kappa shape index (κ1) is 12.9. The summed E-state index contributed by atoms with van der Waals surface area (Å²) in [5.41, 5.74) is -0.725. The smallest absolute Gasteiger partial charge is 0.127 e. The second-order valence-electron chi connectivity index (χ2n) is 4.70. The molecule has 0 fully saturated rings. The van der Waals surface area contributed by atoms with Crippen molar-refractivity contribution < 1.29 is 9.84 Å². The SMILES string of the molecule is CCC(O)(CC)COc1cccc2ccccc12. The Bertz CT molecular complexity index is 510. The second kappa shape index (κ2) is 5.40. The summed E-state index contributed by atoms with van der Waals surface area (Å²) in [6.07, 6.45) is 1.41. The average molecular weight is 244 g/mol. The van der Waals surface area contributed by atoms with E-state index in [0.29, 0.717) is 19.4 Å². The summed E-state index contributed by atoms with van der Waals surface area (Å²) in [4.78, 5) is 0. The topological polar surface area (TPSA) is 29.5 Å². The largest absolute Gasteiger partial charge is 0.490 e. The van der Waals surface area contributed by atoms with Crippen LogP contribution in [0.25, 0.3) is 10.8 Å². The monoisotopic (exact) mass is 244 g/mol. The molecule has 0 saturated heterocycles. The molecule has 0 unspecified atom stereocenters. The van der Waals surface area contributed by atoms with Crippen LogP contribution in [-0.4, -0.2) is 17.3 Å². The predicted octanol–water partition coefficient (Wildman–Crippen LogP) is 3.77. The quantitative estimate of drug-likeness (QED) is 0.867. The summed E-state index contributed by atoms with van der Waals surface area (Å²) in [5, 5.41) is 12.5. The lowest BCUT2D eigenvalue weighted by Gasteiger charge is -2.25. The molecule has 96 valence electrons. The number of hydrogen-bond acceptors (Lipinski definition) is 2. The van der Waals surface area contributed by atoms with Crippen molar-refractivity contribution >= 4 is 10.8 Å². The van der Waals surface area contributed by atoms with Gasteiger partial charge in [0, 0.05) is 5.39 Å². The van der Waals surface area contributed by atoms with Crippen molar-refractivity contribution in [3.8, 4) is 5.75 Å². The van der Waals surface area contributed by atoms with Crippen LogP contribution in [0.2, 0.25) is 0 Å². The Morgan fingerprint density at radius 3 is 2.39 bits per heavy atom. The van der Waals surface area contributed by atoms with Crippen molar-refractivity contribution in [3.63, 3.8) is 0 Å². The predicted molar refractivity (Wildman–Crippen MR) is 75.0 cm³/mol. The molecule has 0 aliphatic rings. The normalized spacial score (nSPS) is 11.7. The fraction of sp³-hybridized carbons (Fsp3) is 0.375. The molecule has 0 heterocycles. The lowest BCUT2D eigenvalue weighted by Crippen LogP contribution is -2.34. The molecule has 2 heteroatoms. The van der Waals surface area contributed by atoms with E-state index in [9.17, 15) is 5.11 Å². The van der Waals surface area contributed by atoms with Gasteiger partial charge in [-0.25, -0.2) is 0 Å². The molecule has 0 bridgehead atoms. The van der Waals surface area contributed by atoms with Crippen molar-refractivity contribution in [3.05, 3.63) is 42.5 Å². The van der Waals surface area contributed by atoms with Gasteiger partial charge in [0.25, 0.3) is 0 Å². The molecule has 2 rings (SSSR count). The molecule has 0 saturated carbocycles. The van der Waals surface area contributed by atoms with Crippen molar-refractivity contribution in [1.29, 1.82) is 0 Å². The van der Waals surface area contributed by atoms with E-state index in [0.717, 1.165) is 16.5 Å². The van der Waals surface area contributed by atoms with Gasteiger partial charge in [0.2, 0.25) is 0 Å². The highest BCUT2D eigenvalue weighted by atomic mass is 16.5. The molecular weight excluding hydrogens is 224 g/mol. The highest BCUT2D eigenvalue weighted by Crippen LogP contribution is 2.26. The summed E-state index contributed by atoms with van der Waals surface area (Å²) < 4.78 is 5.82. The van der Waals surface area contributed by atoms with Crippen LogP contribution in [0.1, 0.15) is 26.7 Å². The molecule has 2 aromatic carbocycles. The van der Waals surface area contributed by atoms with Crippen LogP contribution in [0.15, 0.2) is 42.5 Å². The van der Waals surface area contributed by atoms with E-state index in [-0.39, 0.29) is 0 Å². The maximum atomic E-state index is 10.2. The Labute approximate surface area is 108 Å². The minimum Gasteiger partial charge on any atom is -0.490 e. The van der Waals surface area contributed by atoms with Gasteiger partial charge in [-0.15, -0.1) is 0 Å². The summed E-state index contributed by atoms with van der Waals surface area (Å²) in [6.45, 7) is 4.31. The lowest BCUT2D eigenvalue weighted by atomic mass is 9.99. The van der Waals surface area contributed by atoms with E-state index in [4.69, 9.17) is 4.74 Å². The molecule has 0 atom stereocenters. The van der Waals surface area contributed by atoms with E-state index in [1.807, 2.05) is 44.2 Å². The van der Waals surface area contributed by atoms with Crippen molar-refractivity contribution in [1.82, 2.24) is 0 Å². The fourth-order valence-corrected chi connectivity index (χ4v) is 1.99. The number of ether oxygens (including phenoxy) is 1. The van der Waals surface area contributed by atoms with Gasteiger partial charge < -0.3 is 9.84 Å². The first-order valence-corrected chi connectivity index (χ1v) is 6.51. The van der Waals surface area contributed by atoms with Crippen molar-refractivity contribution in [2.75, 3.05) is 6.61 Å². The van der Waals surface area contributed by atoms with E-state index in [2.05, 4.69) is 12.1 Å². The summed E-state index contributed by atoms with van der Waals surface area (Å²) >= 11 is 0. The zero-order valence-corrected chi connectivity index (χ0v) is 11.0. The molecule has 0 aliphatic carbocycles. The fourth-order valence-electron chi connectivity index (χ4n) is 1.99. The van der Waals surface area contributed by atoms with Crippen LogP contribution < -0.4 is 4.74 Å². The number of aliphatic hydroxyl groups is 1. The standard InChI is InChI=1S/C16H20O2/c1-3-16(17,4-2)12-18-15-11-7-9-13-8-5-6-10-14(13)15/h5-11,17H,3-4,12H2,1-2H3. The van der Waals surface area contributed by atoms with Gasteiger partial charge in [-0.3, -0.25) is 0 Å². The van der Waals surface area contributed by atoms with Crippen molar-refractivity contribution in [2.45, 2.75) is 32.3 Å². The van der Waals surface area contributed by atoms with Gasteiger partial charge in [-0.05, 0) is 24.3 Å². The van der Waals surface area contributed by atoms with Crippen LogP contribution in [0, 0.1) is 0 Å². The molecule has 0 aromatic heterocycles. The molecule has 2 aromatic rings. The van der Waals surface area contributed by atoms with Crippen molar-refractivity contribution in [2.24, 2.45) is 0 Å². The van der Waals surface area contributed by atoms with E-state index in [1.165, 1.54) is 0 Å². The van der Waals surface area contributed by atoms with Gasteiger partial charge in [-0.2, -0.15) is 0 Å². The highest BCUT2D eigenvalue weighted by molar-refractivity contribution is 5.88. The zero-order valence-electron chi connectivity index (χ0n) is 11.0. The zero-order chi connectivity index (χ0) is 13.0. The number of fused-ring (bicyclic) bond motifs is 1. The highest BCUT2D eigenvalue weighted by Gasteiger charge is 2.23. The van der Waals surface area contributed by atoms with Gasteiger partial charge in [0.1, 0.15) is 12.4 Å². The molecule has 0 aliphatic heterocycles. The number of hydrogen-bond donors (Lipinski definition) is 1. The van der Waals surface area contributed by atoms with Crippen LogP contribution in [-0.2, 0) is 0 Å². The van der Waals surface area contributed by atoms with Gasteiger partial charge in [0.05, 0.1) is 5.60 Å². The maximum Gasteiger partial charge on any atom is 0.127 e. The third-order valence-corrected chi connectivity index (χ3v) is 3.56. The first-order valence-electron chi connectivity index (χ1n) is 6.51. The number of rotatable bonds is 5. The molecular formula is C16H20O2. The summed E-state index contributed by atoms with van der Waals surface area (Å²) in [5.74, 6) is 0.841. The molecule has 0 spiro atoms. The maximum absolute atomic E-state index is 10.2. The summed E-state index contributed by atoms with van der Waals surface area (Å²) in [7, 11) is 0. The minimum absolute atomic E-state index is 0.341. The van der Waals surface area contributed by atoms with E-state index < -0.39 is 5.60 Å². The first-order chi connectivity index (χ1) is 8.68. The van der Waals surface area contributed by atoms with E-state index >= 15 is 0 Å².